The number of aliphatic hydroxyl groups is 1. The molecule has 1 aromatic rings. The molecule has 0 radical (unpaired) electrons. The van der Waals surface area contributed by atoms with Gasteiger partial charge in [0.2, 0.25) is 5.91 Å². The minimum absolute atomic E-state index is 0.0000365. The highest BCUT2D eigenvalue weighted by molar-refractivity contribution is 5.88. The number of rotatable bonds is 6. The largest absolute Gasteiger partial charge is 0.478 e. The SMILES string of the molecule is CC(C)(C)CC(O)CNC(=O)Cc1cccc(C(=O)O)c1. The molecule has 0 aliphatic heterocycles. The summed E-state index contributed by atoms with van der Waals surface area (Å²) in [6, 6.07) is 6.28. The van der Waals surface area contributed by atoms with E-state index in [9.17, 15) is 14.7 Å². The molecule has 0 saturated carbocycles. The Balaban J connectivity index is 2.47. The summed E-state index contributed by atoms with van der Waals surface area (Å²) in [5.74, 6) is -1.25. The van der Waals surface area contributed by atoms with E-state index in [2.05, 4.69) is 5.32 Å². The highest BCUT2D eigenvalue weighted by Gasteiger charge is 2.17. The summed E-state index contributed by atoms with van der Waals surface area (Å²) in [6.45, 7) is 6.27. The molecule has 0 heterocycles. The average Bonchev–Trinajstić information content (AvgIpc) is 2.34. The smallest absolute Gasteiger partial charge is 0.335 e. The zero-order valence-corrected chi connectivity index (χ0v) is 12.7. The lowest BCUT2D eigenvalue weighted by Crippen LogP contribution is -2.35. The molecule has 0 aliphatic rings. The molecule has 0 aliphatic carbocycles. The fraction of sp³-hybridized carbons (Fsp3) is 0.500. The van der Waals surface area contributed by atoms with Crippen LogP contribution in [0.4, 0.5) is 0 Å². The van der Waals surface area contributed by atoms with Crippen molar-refractivity contribution in [3.05, 3.63) is 35.4 Å². The molecule has 3 N–H and O–H groups in total. The molecule has 0 spiro atoms. The second kappa shape index (κ2) is 7.22. The van der Waals surface area contributed by atoms with E-state index >= 15 is 0 Å². The monoisotopic (exact) mass is 293 g/mol. The van der Waals surface area contributed by atoms with Gasteiger partial charge < -0.3 is 15.5 Å². The van der Waals surface area contributed by atoms with Gasteiger partial charge in [0, 0.05) is 6.54 Å². The molecule has 116 valence electrons. The Morgan fingerprint density at radius 3 is 2.52 bits per heavy atom. The number of hydrogen-bond donors (Lipinski definition) is 3. The van der Waals surface area contributed by atoms with Gasteiger partial charge in [-0.3, -0.25) is 4.79 Å². The molecule has 5 heteroatoms. The Labute approximate surface area is 125 Å². The first-order valence-corrected chi connectivity index (χ1v) is 6.94. The Hall–Kier alpha value is -1.88. The van der Waals surface area contributed by atoms with Crippen LogP contribution < -0.4 is 5.32 Å². The Bertz CT molecular complexity index is 505. The van der Waals surface area contributed by atoms with Crippen LogP contribution in [0.1, 0.15) is 43.1 Å². The van der Waals surface area contributed by atoms with Crippen LogP contribution in [0.2, 0.25) is 0 Å². The molecule has 21 heavy (non-hydrogen) atoms. The predicted molar refractivity (Wildman–Crippen MR) is 80.2 cm³/mol. The van der Waals surface area contributed by atoms with Crippen LogP contribution in [-0.2, 0) is 11.2 Å². The van der Waals surface area contributed by atoms with Crippen LogP contribution in [0.3, 0.4) is 0 Å². The first-order valence-electron chi connectivity index (χ1n) is 6.94. The number of benzene rings is 1. The molecule has 0 bridgehead atoms. The molecule has 1 amide bonds. The minimum Gasteiger partial charge on any atom is -0.478 e. The number of aromatic carboxylic acids is 1. The van der Waals surface area contributed by atoms with Gasteiger partial charge in [-0.1, -0.05) is 32.9 Å². The number of carboxylic acids is 1. The van der Waals surface area contributed by atoms with E-state index in [4.69, 9.17) is 5.11 Å². The van der Waals surface area contributed by atoms with Gasteiger partial charge in [0.15, 0.2) is 0 Å². The van der Waals surface area contributed by atoms with Crippen molar-refractivity contribution in [3.63, 3.8) is 0 Å². The van der Waals surface area contributed by atoms with Crippen LogP contribution >= 0.6 is 0 Å². The van der Waals surface area contributed by atoms with E-state index in [1.165, 1.54) is 12.1 Å². The van der Waals surface area contributed by atoms with E-state index in [-0.39, 0.29) is 29.9 Å². The molecular weight excluding hydrogens is 270 g/mol. The molecule has 1 unspecified atom stereocenters. The van der Waals surface area contributed by atoms with Gasteiger partial charge in [-0.05, 0) is 29.5 Å². The summed E-state index contributed by atoms with van der Waals surface area (Å²) >= 11 is 0. The summed E-state index contributed by atoms with van der Waals surface area (Å²) in [7, 11) is 0. The van der Waals surface area contributed by atoms with E-state index in [0.717, 1.165) is 0 Å². The van der Waals surface area contributed by atoms with Gasteiger partial charge in [-0.25, -0.2) is 4.79 Å². The number of carbonyl (C=O) groups is 2. The topological polar surface area (TPSA) is 86.6 Å². The van der Waals surface area contributed by atoms with Crippen molar-refractivity contribution in [2.75, 3.05) is 6.54 Å². The van der Waals surface area contributed by atoms with Crippen LogP contribution in [0.15, 0.2) is 24.3 Å². The summed E-state index contributed by atoms with van der Waals surface area (Å²) < 4.78 is 0. The van der Waals surface area contributed by atoms with Crippen molar-refractivity contribution in [1.29, 1.82) is 0 Å². The average molecular weight is 293 g/mol. The maximum absolute atomic E-state index is 11.8. The molecule has 5 nitrogen and oxygen atoms in total. The standard InChI is InChI=1S/C16H23NO4/c1-16(2,3)9-13(18)10-17-14(19)8-11-5-4-6-12(7-11)15(20)21/h4-7,13,18H,8-10H2,1-3H3,(H,17,19)(H,20,21). The van der Waals surface area contributed by atoms with Crippen molar-refractivity contribution < 1.29 is 19.8 Å². The molecule has 1 atom stereocenters. The minimum atomic E-state index is -1.02. The van der Waals surface area contributed by atoms with Crippen molar-refractivity contribution in [2.24, 2.45) is 5.41 Å². The van der Waals surface area contributed by atoms with Crippen LogP contribution in [0.5, 0.6) is 0 Å². The van der Waals surface area contributed by atoms with Gasteiger partial charge in [0.25, 0.3) is 0 Å². The van der Waals surface area contributed by atoms with E-state index in [1.807, 2.05) is 20.8 Å². The second-order valence-electron chi connectivity index (χ2n) is 6.40. The lowest BCUT2D eigenvalue weighted by atomic mass is 9.89. The van der Waals surface area contributed by atoms with E-state index < -0.39 is 12.1 Å². The van der Waals surface area contributed by atoms with Crippen molar-refractivity contribution in [2.45, 2.75) is 39.7 Å². The summed E-state index contributed by atoms with van der Waals surface area (Å²) in [5, 5.41) is 21.4. The number of carbonyl (C=O) groups excluding carboxylic acids is 1. The molecule has 1 rings (SSSR count). The Morgan fingerprint density at radius 2 is 1.95 bits per heavy atom. The van der Waals surface area contributed by atoms with Gasteiger partial charge in [0.1, 0.15) is 0 Å². The first-order chi connectivity index (χ1) is 9.67. The normalized spacial score (nSPS) is 12.8. The maximum Gasteiger partial charge on any atom is 0.335 e. The van der Waals surface area contributed by atoms with Crippen molar-refractivity contribution >= 4 is 11.9 Å². The molecule has 0 fully saturated rings. The number of hydrogen-bond acceptors (Lipinski definition) is 3. The van der Waals surface area contributed by atoms with Crippen molar-refractivity contribution in [1.82, 2.24) is 5.32 Å². The van der Waals surface area contributed by atoms with Crippen molar-refractivity contribution in [3.8, 4) is 0 Å². The number of nitrogens with one attached hydrogen (secondary N) is 1. The quantitative estimate of drug-likeness (QED) is 0.747. The summed E-state index contributed by atoms with van der Waals surface area (Å²) in [4.78, 5) is 22.6. The predicted octanol–water partition coefficient (Wildman–Crippen LogP) is 1.84. The maximum atomic E-state index is 11.8. The number of carboxylic acid groups (broad SMARTS) is 1. The Morgan fingerprint density at radius 1 is 1.29 bits per heavy atom. The van der Waals surface area contributed by atoms with Crippen LogP contribution in [0.25, 0.3) is 0 Å². The lowest BCUT2D eigenvalue weighted by Gasteiger charge is -2.22. The third-order valence-corrected chi connectivity index (χ3v) is 2.92. The van der Waals surface area contributed by atoms with E-state index in [1.54, 1.807) is 12.1 Å². The van der Waals surface area contributed by atoms with Crippen LogP contribution in [0, 0.1) is 5.41 Å². The molecule has 0 saturated heterocycles. The number of aliphatic hydroxyl groups excluding tert-OH is 1. The van der Waals surface area contributed by atoms with E-state index in [0.29, 0.717) is 12.0 Å². The third kappa shape index (κ3) is 6.90. The second-order valence-corrected chi connectivity index (χ2v) is 6.40. The molecule has 0 aromatic heterocycles. The molecule has 1 aromatic carbocycles. The highest BCUT2D eigenvalue weighted by atomic mass is 16.4. The first kappa shape index (κ1) is 17.2. The van der Waals surface area contributed by atoms with Gasteiger partial charge in [0.05, 0.1) is 18.1 Å². The Kier molecular flexibility index (Phi) is 5.90. The van der Waals surface area contributed by atoms with Crippen LogP contribution in [-0.4, -0.2) is 34.7 Å². The summed E-state index contributed by atoms with van der Waals surface area (Å²) in [6.07, 6.45) is 0.116. The van der Waals surface area contributed by atoms with Gasteiger partial charge >= 0.3 is 5.97 Å². The lowest BCUT2D eigenvalue weighted by molar-refractivity contribution is -0.121. The zero-order valence-electron chi connectivity index (χ0n) is 12.7. The van der Waals surface area contributed by atoms with Gasteiger partial charge in [-0.2, -0.15) is 0 Å². The zero-order chi connectivity index (χ0) is 16.0. The van der Waals surface area contributed by atoms with Gasteiger partial charge in [-0.15, -0.1) is 0 Å². The highest BCUT2D eigenvalue weighted by Crippen LogP contribution is 2.20. The summed E-state index contributed by atoms with van der Waals surface area (Å²) in [5.41, 5.74) is 0.797. The fourth-order valence-electron chi connectivity index (χ4n) is 2.07. The fourth-order valence-corrected chi connectivity index (χ4v) is 2.07. The third-order valence-electron chi connectivity index (χ3n) is 2.92. The molecular formula is C16H23NO4. The number of amides is 1.